The molecule has 0 saturated carbocycles. The van der Waals surface area contributed by atoms with Crippen molar-refractivity contribution < 1.29 is 0 Å². The van der Waals surface area contributed by atoms with Crippen molar-refractivity contribution in [1.29, 1.82) is 0 Å². The van der Waals surface area contributed by atoms with E-state index in [1.165, 1.54) is 16.0 Å². The van der Waals surface area contributed by atoms with Gasteiger partial charge >= 0.3 is 0 Å². The first kappa shape index (κ1) is 12.2. The third kappa shape index (κ3) is 2.49. The van der Waals surface area contributed by atoms with Gasteiger partial charge in [0.15, 0.2) is 11.5 Å². The average Bonchev–Trinajstić information content (AvgIpc) is 2.80. The van der Waals surface area contributed by atoms with Crippen molar-refractivity contribution in [3.05, 3.63) is 59.5 Å². The Bertz CT molecular complexity index is 718. The molecule has 3 rings (SSSR count). The second-order valence-electron chi connectivity index (χ2n) is 4.53. The zero-order valence-corrected chi connectivity index (χ0v) is 11.8. The predicted molar refractivity (Wildman–Crippen MR) is 78.8 cm³/mol. The molecule has 0 aliphatic heterocycles. The fraction of sp³-hybridized carbons (Fsp3) is 0.200. The fourth-order valence-corrected chi connectivity index (χ4v) is 2.74. The standard InChI is InChI=1S/C15H15N3S/c1-11-7-8-15-16-14(17-18(15)10-11)9-12-5-3-4-6-13(12)19-2/h3-8,10H,9H2,1-2H3. The third-order valence-corrected chi connectivity index (χ3v) is 3.90. The quantitative estimate of drug-likeness (QED) is 0.683. The number of fused-ring (bicyclic) bond motifs is 1. The zero-order valence-electron chi connectivity index (χ0n) is 11.0. The summed E-state index contributed by atoms with van der Waals surface area (Å²) in [5.74, 6) is 0.868. The van der Waals surface area contributed by atoms with E-state index in [1.807, 2.05) is 16.8 Å². The number of benzene rings is 1. The van der Waals surface area contributed by atoms with E-state index in [1.54, 1.807) is 11.8 Å². The Morgan fingerprint density at radius 3 is 2.84 bits per heavy atom. The van der Waals surface area contributed by atoms with E-state index in [0.29, 0.717) is 0 Å². The minimum absolute atomic E-state index is 0.776. The van der Waals surface area contributed by atoms with Crippen LogP contribution in [0, 0.1) is 6.92 Å². The lowest BCUT2D eigenvalue weighted by molar-refractivity contribution is 0.889. The van der Waals surface area contributed by atoms with E-state index in [4.69, 9.17) is 0 Å². The molecular weight excluding hydrogens is 254 g/mol. The highest BCUT2D eigenvalue weighted by Gasteiger charge is 2.07. The van der Waals surface area contributed by atoms with Gasteiger partial charge in [-0.1, -0.05) is 24.3 Å². The highest BCUT2D eigenvalue weighted by atomic mass is 32.2. The first-order valence-electron chi connectivity index (χ1n) is 6.20. The molecule has 4 heteroatoms. The van der Waals surface area contributed by atoms with Gasteiger partial charge in [0.25, 0.3) is 0 Å². The van der Waals surface area contributed by atoms with Gasteiger partial charge in [-0.05, 0) is 36.4 Å². The SMILES string of the molecule is CSc1ccccc1Cc1nc2ccc(C)cn2n1. The molecule has 0 fully saturated rings. The van der Waals surface area contributed by atoms with Crippen LogP contribution in [0.1, 0.15) is 17.0 Å². The van der Waals surface area contributed by atoms with Crippen molar-refractivity contribution in [2.75, 3.05) is 6.26 Å². The molecule has 2 heterocycles. The monoisotopic (exact) mass is 269 g/mol. The minimum atomic E-state index is 0.776. The molecular formula is C15H15N3S. The third-order valence-electron chi connectivity index (χ3n) is 3.06. The van der Waals surface area contributed by atoms with Crippen molar-refractivity contribution in [3.8, 4) is 0 Å². The summed E-state index contributed by atoms with van der Waals surface area (Å²) < 4.78 is 1.85. The molecule has 3 nitrogen and oxygen atoms in total. The van der Waals surface area contributed by atoms with Crippen LogP contribution in [0.4, 0.5) is 0 Å². The first-order chi connectivity index (χ1) is 9.26. The van der Waals surface area contributed by atoms with Gasteiger partial charge in [0.05, 0.1) is 0 Å². The van der Waals surface area contributed by atoms with Crippen molar-refractivity contribution in [3.63, 3.8) is 0 Å². The summed E-state index contributed by atoms with van der Waals surface area (Å²) in [5.41, 5.74) is 3.37. The summed E-state index contributed by atoms with van der Waals surface area (Å²) in [5, 5.41) is 4.54. The number of rotatable bonds is 3. The number of aromatic nitrogens is 3. The number of hydrogen-bond donors (Lipinski definition) is 0. The van der Waals surface area contributed by atoms with E-state index in [0.717, 1.165) is 17.9 Å². The summed E-state index contributed by atoms with van der Waals surface area (Å²) in [6, 6.07) is 12.5. The summed E-state index contributed by atoms with van der Waals surface area (Å²) in [4.78, 5) is 5.86. The molecule has 19 heavy (non-hydrogen) atoms. The van der Waals surface area contributed by atoms with E-state index < -0.39 is 0 Å². The van der Waals surface area contributed by atoms with E-state index in [9.17, 15) is 0 Å². The number of hydrogen-bond acceptors (Lipinski definition) is 3. The van der Waals surface area contributed by atoms with E-state index in [-0.39, 0.29) is 0 Å². The Morgan fingerprint density at radius 2 is 2.00 bits per heavy atom. The topological polar surface area (TPSA) is 30.2 Å². The molecule has 0 bridgehead atoms. The van der Waals surface area contributed by atoms with Gasteiger partial charge in [-0.15, -0.1) is 11.8 Å². The van der Waals surface area contributed by atoms with Crippen molar-refractivity contribution in [2.45, 2.75) is 18.2 Å². The lowest BCUT2D eigenvalue weighted by Gasteiger charge is -2.03. The molecule has 1 aromatic carbocycles. The summed E-state index contributed by atoms with van der Waals surface area (Å²) in [6.07, 6.45) is 4.88. The van der Waals surface area contributed by atoms with Crippen molar-refractivity contribution in [1.82, 2.24) is 14.6 Å². The van der Waals surface area contributed by atoms with Crippen LogP contribution in [0.5, 0.6) is 0 Å². The van der Waals surface area contributed by atoms with E-state index >= 15 is 0 Å². The zero-order chi connectivity index (χ0) is 13.2. The number of nitrogens with zero attached hydrogens (tertiary/aromatic N) is 3. The Balaban J connectivity index is 1.96. The van der Waals surface area contributed by atoms with Crippen LogP contribution in [0.15, 0.2) is 47.5 Å². The van der Waals surface area contributed by atoms with Gasteiger partial charge in [0.2, 0.25) is 0 Å². The van der Waals surface area contributed by atoms with Gasteiger partial charge < -0.3 is 0 Å². The van der Waals surface area contributed by atoms with Gasteiger partial charge in [0.1, 0.15) is 0 Å². The number of thioether (sulfide) groups is 1. The minimum Gasteiger partial charge on any atom is -0.221 e. The molecule has 0 aliphatic carbocycles. The molecule has 96 valence electrons. The lowest BCUT2D eigenvalue weighted by Crippen LogP contribution is -1.94. The Kier molecular flexibility index (Phi) is 3.25. The number of pyridine rings is 1. The Hall–Kier alpha value is -1.81. The lowest BCUT2D eigenvalue weighted by atomic mass is 10.1. The van der Waals surface area contributed by atoms with Gasteiger partial charge in [-0.2, -0.15) is 5.10 Å². The van der Waals surface area contributed by atoms with Crippen molar-refractivity contribution in [2.24, 2.45) is 0 Å². The average molecular weight is 269 g/mol. The first-order valence-corrected chi connectivity index (χ1v) is 7.42. The van der Waals surface area contributed by atoms with Crippen LogP contribution in [0.25, 0.3) is 5.65 Å². The Morgan fingerprint density at radius 1 is 1.16 bits per heavy atom. The largest absolute Gasteiger partial charge is 0.221 e. The van der Waals surface area contributed by atoms with Crippen LogP contribution in [0.2, 0.25) is 0 Å². The van der Waals surface area contributed by atoms with Crippen LogP contribution >= 0.6 is 11.8 Å². The van der Waals surface area contributed by atoms with Crippen LogP contribution in [-0.4, -0.2) is 20.9 Å². The van der Waals surface area contributed by atoms with Gasteiger partial charge in [0, 0.05) is 17.5 Å². The predicted octanol–water partition coefficient (Wildman–Crippen LogP) is 3.35. The fourth-order valence-electron chi connectivity index (χ4n) is 2.13. The maximum atomic E-state index is 4.57. The normalized spacial score (nSPS) is 11.1. The summed E-state index contributed by atoms with van der Waals surface area (Å²) in [6.45, 7) is 2.06. The molecule has 0 N–H and O–H groups in total. The van der Waals surface area contributed by atoms with E-state index in [2.05, 4.69) is 53.6 Å². The second-order valence-corrected chi connectivity index (χ2v) is 5.37. The molecule has 0 atom stereocenters. The highest BCUT2D eigenvalue weighted by molar-refractivity contribution is 7.98. The van der Waals surface area contributed by atoms with Gasteiger partial charge in [-0.3, -0.25) is 0 Å². The number of aryl methyl sites for hydroxylation is 1. The molecule has 0 aliphatic rings. The molecule has 3 aromatic rings. The maximum absolute atomic E-state index is 4.57. The van der Waals surface area contributed by atoms with Crippen LogP contribution < -0.4 is 0 Å². The molecule has 0 spiro atoms. The Labute approximate surface area is 116 Å². The second kappa shape index (κ2) is 5.05. The molecule has 0 amide bonds. The van der Waals surface area contributed by atoms with Crippen LogP contribution in [0.3, 0.4) is 0 Å². The molecule has 0 saturated heterocycles. The van der Waals surface area contributed by atoms with Gasteiger partial charge in [-0.25, -0.2) is 9.50 Å². The maximum Gasteiger partial charge on any atom is 0.156 e. The molecule has 0 radical (unpaired) electrons. The molecule has 2 aromatic heterocycles. The van der Waals surface area contributed by atoms with Crippen LogP contribution in [-0.2, 0) is 6.42 Å². The van der Waals surface area contributed by atoms with Crippen molar-refractivity contribution >= 4 is 17.4 Å². The molecule has 0 unspecified atom stereocenters. The highest BCUT2D eigenvalue weighted by Crippen LogP contribution is 2.21. The summed E-state index contributed by atoms with van der Waals surface area (Å²) in [7, 11) is 0. The summed E-state index contributed by atoms with van der Waals surface area (Å²) >= 11 is 1.76. The smallest absolute Gasteiger partial charge is 0.156 e.